The molecule has 4 aliphatic rings. The van der Waals surface area contributed by atoms with Crippen LogP contribution in [0.2, 0.25) is 5.15 Å². The van der Waals surface area contributed by atoms with Gasteiger partial charge < -0.3 is 31.3 Å². The second kappa shape index (κ2) is 32.4. The topological polar surface area (TPSA) is 271 Å². The maximum Gasteiger partial charge on any atom is 1.00 e. The Morgan fingerprint density at radius 3 is 1.40 bits per heavy atom. The average molecular weight is 1400 g/mol. The Labute approximate surface area is 643 Å². The summed E-state index contributed by atoms with van der Waals surface area (Å²) in [6, 6.07) is 22.7. The Bertz CT molecular complexity index is 3710. The van der Waals surface area contributed by atoms with Gasteiger partial charge in [0.1, 0.15) is 11.0 Å². The number of sulfonamides is 2. The predicted molar refractivity (Wildman–Crippen MR) is 353 cm³/mol. The van der Waals surface area contributed by atoms with Gasteiger partial charge in [-0.15, -0.1) is 10.2 Å². The molecule has 10 rings (SSSR count). The number of halogens is 1. The van der Waals surface area contributed by atoms with Gasteiger partial charge in [0.15, 0.2) is 11.6 Å². The van der Waals surface area contributed by atoms with E-state index in [-0.39, 0.29) is 191 Å². The molecule has 0 radical (unpaired) electrons. The van der Waals surface area contributed by atoms with Crippen LogP contribution in [0.4, 0.5) is 5.82 Å². The number of hydrogen-bond donors (Lipinski definition) is 3. The van der Waals surface area contributed by atoms with E-state index >= 15 is 0 Å². The van der Waals surface area contributed by atoms with Gasteiger partial charge in [0, 0.05) is 54.0 Å². The maximum absolute atomic E-state index is 13.5. The normalized spacial score (nSPS) is 19.1. The van der Waals surface area contributed by atoms with E-state index in [0.29, 0.717) is 83.4 Å². The van der Waals surface area contributed by atoms with Crippen molar-refractivity contribution in [3.63, 3.8) is 0 Å². The molecule has 21 nitrogen and oxygen atoms in total. The Morgan fingerprint density at radius 2 is 1.05 bits per heavy atom. The third-order valence-corrected chi connectivity index (χ3v) is 21.9. The molecule has 4 aromatic heterocycles. The third-order valence-electron chi connectivity index (χ3n) is 18.6. The maximum atomic E-state index is 13.5. The van der Waals surface area contributed by atoms with Crippen LogP contribution >= 0.6 is 38.6 Å². The van der Waals surface area contributed by atoms with Crippen molar-refractivity contribution in [3.05, 3.63) is 125 Å². The van der Waals surface area contributed by atoms with Crippen molar-refractivity contribution in [1.82, 2.24) is 44.3 Å². The number of benzene rings is 2. The predicted octanol–water partition coefficient (Wildman–Crippen LogP) is 3.96. The van der Waals surface area contributed by atoms with Crippen molar-refractivity contribution in [2.75, 3.05) is 31.2 Å². The Morgan fingerprint density at radius 1 is 0.648 bits per heavy atom. The van der Waals surface area contributed by atoms with Crippen LogP contribution < -0.4 is 137 Å². The van der Waals surface area contributed by atoms with E-state index in [0.717, 1.165) is 12.3 Å². The monoisotopic (exact) mass is 1400 g/mol. The summed E-state index contributed by atoms with van der Waals surface area (Å²) in [7, 11) is -8.14. The molecular weight excluding hydrogens is 1310 g/mol. The molecule has 2 saturated carbocycles. The average Bonchev–Trinajstić information content (AvgIpc) is 1.56. The zero-order valence-corrected chi connectivity index (χ0v) is 66.3. The fraction of sp³-hybridized carbons (Fsp3) is 0.508. The number of carbonyl (C=O) groups is 3. The number of nitrogens with one attached hydrogen (secondary N) is 3. The van der Waals surface area contributed by atoms with Crippen molar-refractivity contribution >= 4 is 82.7 Å². The number of rotatable bonds is 16. The third kappa shape index (κ3) is 19.4. The zero-order valence-electron chi connectivity index (χ0n) is 56.7. The molecule has 2 aliphatic carbocycles. The van der Waals surface area contributed by atoms with Gasteiger partial charge in [-0.1, -0.05) is 117 Å². The summed E-state index contributed by atoms with van der Waals surface area (Å²) >= 11 is 6.22. The molecule has 2 aromatic carbocycles. The first kappa shape index (κ1) is 82.3. The molecule has 490 valence electrons. The van der Waals surface area contributed by atoms with E-state index in [9.17, 15) is 26.4 Å². The van der Waals surface area contributed by atoms with Gasteiger partial charge in [0.05, 0.1) is 34.1 Å². The number of hydrogen-bond acceptors (Lipinski definition) is 17. The van der Waals surface area contributed by atoms with Crippen molar-refractivity contribution in [2.45, 2.75) is 144 Å². The van der Waals surface area contributed by atoms with Crippen molar-refractivity contribution in [2.24, 2.45) is 45.3 Å². The number of amides is 2. The van der Waals surface area contributed by atoms with Crippen LogP contribution in [0.15, 0.2) is 107 Å². The molecule has 0 spiro atoms. The fourth-order valence-electron chi connectivity index (χ4n) is 12.1. The minimum absolute atomic E-state index is 0. The second-order valence-electron chi connectivity index (χ2n) is 26.8. The molecule has 3 N–H and O–H groups in total. The van der Waals surface area contributed by atoms with E-state index in [2.05, 4.69) is 132 Å². The molecule has 91 heavy (non-hydrogen) atoms. The summed E-state index contributed by atoms with van der Waals surface area (Å²) < 4.78 is 70.8. The largest absolute Gasteiger partial charge is 1.00 e. The second-order valence-corrected chi connectivity index (χ2v) is 30.4. The van der Waals surface area contributed by atoms with Gasteiger partial charge >= 0.3 is 103 Å². The summed E-state index contributed by atoms with van der Waals surface area (Å²) in [6.45, 7) is 37.4. The molecule has 0 bridgehead atoms. The fourth-order valence-corrected chi connectivity index (χ4v) is 14.8. The van der Waals surface area contributed by atoms with Gasteiger partial charge in [0.2, 0.25) is 11.8 Å². The molecule has 28 heteroatoms. The van der Waals surface area contributed by atoms with Crippen molar-refractivity contribution in [1.29, 1.82) is 0 Å². The van der Waals surface area contributed by atoms with Crippen LogP contribution in [0.5, 0.6) is 11.8 Å². The van der Waals surface area contributed by atoms with E-state index < -0.39 is 31.9 Å². The first-order chi connectivity index (χ1) is 40.4. The number of aromatic nitrogens is 6. The van der Waals surface area contributed by atoms with Gasteiger partial charge in [-0.3, -0.25) is 14.4 Å². The van der Waals surface area contributed by atoms with Crippen LogP contribution in [0.1, 0.15) is 143 Å². The van der Waals surface area contributed by atoms with E-state index in [1.54, 1.807) is 91.6 Å². The molecule has 4 fully saturated rings. The smallest absolute Gasteiger partial charge is 1.00 e. The van der Waals surface area contributed by atoms with E-state index in [1.165, 1.54) is 41.9 Å². The van der Waals surface area contributed by atoms with Crippen LogP contribution in [-0.4, -0.2) is 102 Å². The SMILES string of the molecule is C[C@@H]1CNC(C)(C)C1.Cc1ccccc1S(=O)(=O)NC(=O)c1ccc(-n2ccc(OCC3C(C)(C)C3(C)C)n2)nc1Cl.Cc1ccccc1S(=O)(=O)NC(=O)c1ccc(-n2ccc(OCC3C(C)(C)C3(C)C)n2)nc1N1C[C@@H](C)CC1(C)C.O=CO[O-].S.S.[H-].[K+].[K+]. The summed E-state index contributed by atoms with van der Waals surface area (Å²) in [5.41, 5.74) is 2.20. The van der Waals surface area contributed by atoms with Crippen LogP contribution in [0.3, 0.4) is 0 Å². The van der Waals surface area contributed by atoms with Gasteiger partial charge in [-0.25, -0.2) is 45.6 Å². The minimum atomic E-state index is -4.08. The molecule has 6 aromatic rings. The number of anilines is 1. The number of pyridine rings is 2. The Kier molecular flexibility index (Phi) is 29.3. The number of carbonyl (C=O) groups excluding carboxylic acids is 3. The molecule has 2 atom stereocenters. The summed E-state index contributed by atoms with van der Waals surface area (Å²) in [4.78, 5) is 48.7. The van der Waals surface area contributed by atoms with Crippen molar-refractivity contribution in [3.8, 4) is 23.4 Å². The van der Waals surface area contributed by atoms with E-state index in [4.69, 9.17) is 36.1 Å². The summed E-state index contributed by atoms with van der Waals surface area (Å²) in [5, 5.41) is 20.7. The first-order valence-corrected chi connectivity index (χ1v) is 32.3. The Balaban J connectivity index is 0.000000511. The van der Waals surface area contributed by atoms with Gasteiger partial charge in [-0.2, -0.15) is 27.0 Å². The van der Waals surface area contributed by atoms with Crippen LogP contribution in [0, 0.1) is 59.2 Å². The van der Waals surface area contributed by atoms with Crippen LogP contribution in [0.25, 0.3) is 11.6 Å². The number of nitrogens with zero attached hydrogens (tertiary/aromatic N) is 7. The summed E-state index contributed by atoms with van der Waals surface area (Å²) in [5.74, 6) is 2.81. The molecular formula is C63H89ClK2N10O11S4. The standard InChI is InChI=1S/C31H41N5O4S.C24H27ClN4O4S.C7H15N.CH2O3.2K.2H2S.H/c1-20-17-29(3,4)35(18-20)27-22(28(37)34-41(38,39)23-12-10-9-11-21(23)2)13-14-25(32-27)36-16-15-26(33-36)40-19-24-30(5,6)31(24,7)8;1-15-8-6-7-9-17(15)34(31,32)28-22(30)16-10-11-19(26-21(16)25)29-13-12-20(27-29)33-14-18-23(2,3)24(18,4)5;1-6-4-7(2,3)8-5-6;2-1-4-3;;;;;/h9-16,20,24H,17-19H2,1-8H3,(H,34,37);6-13,18H,14H2,1-5H3,(H,28,30);6,8H,4-5H2,1-3H3;1,3H;;;2*1H2;/q;;;;2*+1;;;-1/p-1/t20-;;6-;;;;;;/m0.0....../s1. The Hall–Kier alpha value is -2.95. The molecule has 6 heterocycles. The molecule has 0 unspecified atom stereocenters. The molecule has 2 saturated heterocycles. The molecule has 2 aliphatic heterocycles. The van der Waals surface area contributed by atoms with E-state index in [1.807, 2.05) is 4.72 Å². The first-order valence-electron chi connectivity index (χ1n) is 29.0. The van der Waals surface area contributed by atoms with Crippen LogP contribution in [-0.2, 0) is 29.7 Å². The van der Waals surface area contributed by atoms with Gasteiger partial charge in [-0.05, 0) is 142 Å². The minimum Gasteiger partial charge on any atom is -1.00 e. The van der Waals surface area contributed by atoms with Crippen molar-refractivity contribution < 1.29 is 155 Å². The molecule has 2 amide bonds. The van der Waals surface area contributed by atoms with Gasteiger partial charge in [0.25, 0.3) is 38.3 Å². The number of ether oxygens (including phenoxy) is 2. The number of aryl methyl sites for hydroxylation is 2. The quantitative estimate of drug-likeness (QED) is 0.0407. The summed E-state index contributed by atoms with van der Waals surface area (Å²) in [6.07, 6.45) is 5.70. The zero-order chi connectivity index (χ0) is 64.5.